The summed E-state index contributed by atoms with van der Waals surface area (Å²) in [5.74, 6) is 1.13. The summed E-state index contributed by atoms with van der Waals surface area (Å²) in [4.78, 5) is 14.7. The van der Waals surface area contributed by atoms with Crippen LogP contribution in [0.15, 0.2) is 11.4 Å². The highest BCUT2D eigenvalue weighted by Crippen LogP contribution is 2.16. The number of hydrogen-bond acceptors (Lipinski definition) is 6. The third-order valence-electron chi connectivity index (χ3n) is 2.31. The Bertz CT molecular complexity index is 502. The van der Waals surface area contributed by atoms with Crippen LogP contribution in [0.4, 0.5) is 11.8 Å². The summed E-state index contributed by atoms with van der Waals surface area (Å²) in [6, 6.07) is 1.91. The van der Waals surface area contributed by atoms with Crippen molar-refractivity contribution in [2.45, 2.75) is 20.4 Å². The van der Waals surface area contributed by atoms with E-state index in [2.05, 4.69) is 20.3 Å². The van der Waals surface area contributed by atoms with Crippen LogP contribution in [0.1, 0.15) is 16.4 Å². The second-order valence-corrected chi connectivity index (χ2v) is 5.00. The molecule has 0 bridgehead atoms. The maximum Gasteiger partial charge on any atom is 0.222 e. The Kier molecular flexibility index (Phi) is 3.23. The molecule has 17 heavy (non-hydrogen) atoms. The predicted molar refractivity (Wildman–Crippen MR) is 70.1 cm³/mol. The van der Waals surface area contributed by atoms with Crippen molar-refractivity contribution in [1.82, 2.24) is 15.0 Å². The van der Waals surface area contributed by atoms with E-state index < -0.39 is 0 Å². The van der Waals surface area contributed by atoms with Crippen molar-refractivity contribution >= 4 is 23.1 Å². The lowest BCUT2D eigenvalue weighted by atomic mass is 10.4. The fraction of sp³-hybridized carbons (Fsp3) is 0.364. The zero-order valence-electron chi connectivity index (χ0n) is 10.1. The molecule has 2 heterocycles. The van der Waals surface area contributed by atoms with Crippen molar-refractivity contribution in [3.05, 3.63) is 27.8 Å². The lowest BCUT2D eigenvalue weighted by Crippen LogP contribution is -2.19. The number of rotatable bonds is 3. The predicted octanol–water partition coefficient (Wildman–Crippen LogP) is 1.77. The number of anilines is 2. The van der Waals surface area contributed by atoms with Gasteiger partial charge in [0.25, 0.3) is 0 Å². The smallest absolute Gasteiger partial charge is 0.222 e. The summed E-state index contributed by atoms with van der Waals surface area (Å²) in [6.07, 6.45) is 0. The molecule has 5 nitrogen and oxygen atoms in total. The van der Waals surface area contributed by atoms with Crippen LogP contribution in [0.5, 0.6) is 0 Å². The highest BCUT2D eigenvalue weighted by Gasteiger charge is 2.07. The molecule has 0 fully saturated rings. The second-order valence-electron chi connectivity index (χ2n) is 3.94. The lowest BCUT2D eigenvalue weighted by Gasteiger charge is -2.17. The van der Waals surface area contributed by atoms with Gasteiger partial charge in [0.15, 0.2) is 0 Å². The molecule has 0 saturated heterocycles. The first kappa shape index (κ1) is 11.8. The standard InChI is InChI=1S/C11H15N5S/c1-7-4-10(15-11(12)13-7)16(3)5-9-6-17-8(2)14-9/h4,6H,5H2,1-3H3,(H2,12,13,15). The van der Waals surface area contributed by atoms with Crippen LogP contribution in [0, 0.1) is 13.8 Å². The average Bonchev–Trinajstić information content (AvgIpc) is 2.62. The van der Waals surface area contributed by atoms with Gasteiger partial charge in [0, 0.05) is 24.2 Å². The molecule has 2 rings (SSSR count). The molecule has 0 saturated carbocycles. The number of aryl methyl sites for hydroxylation is 2. The first-order valence-electron chi connectivity index (χ1n) is 5.28. The van der Waals surface area contributed by atoms with Gasteiger partial charge in [-0.25, -0.2) is 9.97 Å². The molecular weight excluding hydrogens is 234 g/mol. The maximum absolute atomic E-state index is 5.63. The molecule has 0 aliphatic rings. The van der Waals surface area contributed by atoms with Gasteiger partial charge in [0.2, 0.25) is 5.95 Å². The largest absolute Gasteiger partial charge is 0.368 e. The maximum atomic E-state index is 5.63. The number of hydrogen-bond donors (Lipinski definition) is 1. The second kappa shape index (κ2) is 4.67. The summed E-state index contributed by atoms with van der Waals surface area (Å²) >= 11 is 1.65. The van der Waals surface area contributed by atoms with Gasteiger partial charge < -0.3 is 10.6 Å². The average molecular weight is 249 g/mol. The van der Waals surface area contributed by atoms with E-state index in [0.717, 1.165) is 28.8 Å². The van der Waals surface area contributed by atoms with Crippen LogP contribution >= 0.6 is 11.3 Å². The van der Waals surface area contributed by atoms with Crippen molar-refractivity contribution in [2.75, 3.05) is 17.7 Å². The van der Waals surface area contributed by atoms with Gasteiger partial charge in [0.1, 0.15) is 5.82 Å². The van der Waals surface area contributed by atoms with Gasteiger partial charge in [-0.05, 0) is 13.8 Å². The molecule has 2 aromatic rings. The van der Waals surface area contributed by atoms with E-state index in [1.54, 1.807) is 11.3 Å². The van der Waals surface area contributed by atoms with Crippen LogP contribution in [0.3, 0.4) is 0 Å². The fourth-order valence-electron chi connectivity index (χ4n) is 1.57. The molecule has 0 unspecified atom stereocenters. The molecule has 2 N–H and O–H groups in total. The van der Waals surface area contributed by atoms with E-state index in [1.165, 1.54) is 0 Å². The Morgan fingerprint density at radius 3 is 2.65 bits per heavy atom. The first-order valence-corrected chi connectivity index (χ1v) is 6.16. The summed E-state index contributed by atoms with van der Waals surface area (Å²) in [5, 5.41) is 3.13. The number of nitrogens with two attached hydrogens (primary N) is 1. The molecule has 0 aliphatic carbocycles. The Morgan fingerprint density at radius 1 is 1.29 bits per heavy atom. The van der Waals surface area contributed by atoms with Crippen molar-refractivity contribution in [1.29, 1.82) is 0 Å². The highest BCUT2D eigenvalue weighted by molar-refractivity contribution is 7.09. The molecule has 0 spiro atoms. The highest BCUT2D eigenvalue weighted by atomic mass is 32.1. The van der Waals surface area contributed by atoms with Gasteiger partial charge in [-0.3, -0.25) is 0 Å². The monoisotopic (exact) mass is 249 g/mol. The van der Waals surface area contributed by atoms with Crippen LogP contribution < -0.4 is 10.6 Å². The van der Waals surface area contributed by atoms with Crippen molar-refractivity contribution in [2.24, 2.45) is 0 Å². The van der Waals surface area contributed by atoms with E-state index in [4.69, 9.17) is 5.73 Å². The third-order valence-corrected chi connectivity index (χ3v) is 3.14. The molecule has 0 aromatic carbocycles. The molecule has 0 radical (unpaired) electrons. The molecule has 0 aliphatic heterocycles. The minimum Gasteiger partial charge on any atom is -0.368 e. The van der Waals surface area contributed by atoms with Gasteiger partial charge in [-0.1, -0.05) is 0 Å². The minimum atomic E-state index is 0.307. The van der Waals surface area contributed by atoms with Crippen LogP contribution in [0.25, 0.3) is 0 Å². The molecular formula is C11H15N5S. The summed E-state index contributed by atoms with van der Waals surface area (Å²) in [6.45, 7) is 4.63. The number of nitrogen functional groups attached to an aromatic ring is 1. The first-order chi connectivity index (χ1) is 8.04. The Hall–Kier alpha value is -1.69. The Balaban J connectivity index is 2.16. The van der Waals surface area contributed by atoms with E-state index in [-0.39, 0.29) is 0 Å². The van der Waals surface area contributed by atoms with Crippen LogP contribution in [0.2, 0.25) is 0 Å². The van der Waals surface area contributed by atoms with E-state index in [1.807, 2.05) is 31.9 Å². The summed E-state index contributed by atoms with van der Waals surface area (Å²) in [5.41, 5.74) is 7.55. The van der Waals surface area contributed by atoms with E-state index >= 15 is 0 Å². The third kappa shape index (κ3) is 2.91. The summed E-state index contributed by atoms with van der Waals surface area (Å²) in [7, 11) is 1.97. The van der Waals surface area contributed by atoms with Crippen molar-refractivity contribution in [3.63, 3.8) is 0 Å². The summed E-state index contributed by atoms with van der Waals surface area (Å²) < 4.78 is 0. The number of thiazole rings is 1. The molecule has 6 heteroatoms. The molecule has 90 valence electrons. The topological polar surface area (TPSA) is 67.9 Å². The number of nitrogens with zero attached hydrogens (tertiary/aromatic N) is 4. The zero-order valence-corrected chi connectivity index (χ0v) is 11.0. The van der Waals surface area contributed by atoms with Gasteiger partial charge in [-0.2, -0.15) is 4.98 Å². The Morgan fingerprint density at radius 2 is 2.06 bits per heavy atom. The zero-order chi connectivity index (χ0) is 12.4. The van der Waals surface area contributed by atoms with Crippen molar-refractivity contribution in [3.8, 4) is 0 Å². The van der Waals surface area contributed by atoms with Gasteiger partial charge >= 0.3 is 0 Å². The van der Waals surface area contributed by atoms with Crippen LogP contribution in [-0.4, -0.2) is 22.0 Å². The molecule has 0 amide bonds. The SMILES string of the molecule is Cc1cc(N(C)Cc2csc(C)n2)nc(N)n1. The quantitative estimate of drug-likeness (QED) is 0.898. The van der Waals surface area contributed by atoms with Crippen molar-refractivity contribution < 1.29 is 0 Å². The van der Waals surface area contributed by atoms with Gasteiger partial charge in [0.05, 0.1) is 17.2 Å². The molecule has 2 aromatic heterocycles. The van der Waals surface area contributed by atoms with E-state index in [9.17, 15) is 0 Å². The Labute approximate surface area is 104 Å². The van der Waals surface area contributed by atoms with Crippen LogP contribution in [-0.2, 0) is 6.54 Å². The minimum absolute atomic E-state index is 0.307. The fourth-order valence-corrected chi connectivity index (χ4v) is 2.18. The van der Waals surface area contributed by atoms with Gasteiger partial charge in [-0.15, -0.1) is 11.3 Å². The van der Waals surface area contributed by atoms with E-state index in [0.29, 0.717) is 5.95 Å². The lowest BCUT2D eigenvalue weighted by molar-refractivity contribution is 0.864. The number of aromatic nitrogens is 3. The molecule has 0 atom stereocenters. The normalized spacial score (nSPS) is 10.5.